The smallest absolute Gasteiger partial charge is 0.00189 e. The molecular weight excluding hydrogens is 843 g/mol. The lowest BCUT2D eigenvalue weighted by Crippen LogP contribution is -2.51. The van der Waals surface area contributed by atoms with Crippen molar-refractivity contribution in [2.24, 2.45) is 103 Å². The maximum absolute atomic E-state index is 2.49. The van der Waals surface area contributed by atoms with Crippen LogP contribution in [0.3, 0.4) is 0 Å². The fourth-order valence-corrected chi connectivity index (χ4v) is 17.6. The third kappa shape index (κ3) is 18.9. The number of piperidine rings is 1. The molecule has 12 aliphatic carbocycles. The molecule has 0 spiro atoms. The van der Waals surface area contributed by atoms with E-state index in [0.29, 0.717) is 27.1 Å². The van der Waals surface area contributed by atoms with Crippen LogP contribution in [0.1, 0.15) is 321 Å². The third-order valence-corrected chi connectivity index (χ3v) is 21.3. The van der Waals surface area contributed by atoms with E-state index in [1.165, 1.54) is 96.6 Å². The van der Waals surface area contributed by atoms with E-state index in [2.05, 4.69) is 116 Å². The lowest BCUT2D eigenvalue weighted by molar-refractivity contribution is -0.113. The summed E-state index contributed by atoms with van der Waals surface area (Å²) in [4.78, 5) is 2.43. The van der Waals surface area contributed by atoms with Crippen molar-refractivity contribution >= 4 is 0 Å². The van der Waals surface area contributed by atoms with Crippen LogP contribution in [0.4, 0.5) is 0 Å². The summed E-state index contributed by atoms with van der Waals surface area (Å²) in [6, 6.07) is 0. The minimum atomic E-state index is 0. The molecule has 0 unspecified atom stereocenters. The average Bonchev–Trinajstić information content (AvgIpc) is 3.29. The Morgan fingerprint density at radius 1 is 0.343 bits per heavy atom. The van der Waals surface area contributed by atoms with Gasteiger partial charge in [-0.05, 0) is 258 Å². The molecule has 13 aliphatic rings. The van der Waals surface area contributed by atoms with Gasteiger partial charge in [-0.1, -0.05) is 186 Å². The van der Waals surface area contributed by atoms with Crippen LogP contribution in [0.2, 0.25) is 0 Å². The van der Waals surface area contributed by atoms with Crippen LogP contribution in [-0.2, 0) is 0 Å². The van der Waals surface area contributed by atoms with Gasteiger partial charge in [0.25, 0.3) is 0 Å². The second kappa shape index (κ2) is 29.5. The van der Waals surface area contributed by atoms with E-state index in [0.717, 1.165) is 75.9 Å². The summed E-state index contributed by atoms with van der Waals surface area (Å²) >= 11 is 0. The summed E-state index contributed by atoms with van der Waals surface area (Å²) in [6.07, 6.45) is 36.6. The fraction of sp³-hybridized carbons (Fsp3) is 1.00. The Morgan fingerprint density at radius 3 is 0.929 bits per heavy atom. The predicted molar refractivity (Wildman–Crippen MR) is 321 cm³/mol. The number of hydrogen-bond acceptors (Lipinski definition) is 1. The predicted octanol–water partition coefficient (Wildman–Crippen LogP) is 23.1. The van der Waals surface area contributed by atoms with Crippen LogP contribution in [-0.4, -0.2) is 25.0 Å². The first-order valence-electron chi connectivity index (χ1n) is 31.8. The average molecular weight is 983 g/mol. The van der Waals surface area contributed by atoms with Crippen LogP contribution >= 0.6 is 0 Å². The maximum atomic E-state index is 2.49. The standard InChI is InChI=1S/2C14H24.C12H22.C10H21N.C10H20.4C2H6.CH4/c1-13(2,3)14-7-10-4-11(8-14)6-12(5-10)9-14;1-14(2,3)13-11-5-9-4-10(7-11)8-12(13)6-9;1-11(2,3)12-7-4-10(5-8-12)6-9-12;1-10(2,3)9-5-7-11(4)8-6-9;1-10(2,3)9-7-5-4-6-8-9;4*1-2;/h10-12H,4-9H2,1-3H3;9-13H,4-8H2,1-3H3;10H,4-9H2,1-3H3;9H,5-8H2,1-4H3;9H,4-8H2,1-3H3;4*1-2H3;1H4. The van der Waals surface area contributed by atoms with Crippen LogP contribution < -0.4 is 0 Å². The van der Waals surface area contributed by atoms with Crippen molar-refractivity contribution in [2.45, 2.75) is 321 Å². The van der Waals surface area contributed by atoms with Gasteiger partial charge in [-0.2, -0.15) is 0 Å². The van der Waals surface area contributed by atoms with Gasteiger partial charge in [-0.25, -0.2) is 0 Å². The summed E-state index contributed by atoms with van der Waals surface area (Å²) in [7, 11) is 2.22. The molecule has 1 heteroatoms. The molecule has 1 nitrogen and oxygen atoms in total. The van der Waals surface area contributed by atoms with Crippen LogP contribution in [0.5, 0.6) is 0 Å². The monoisotopic (exact) mass is 982 g/mol. The SMILES string of the molecule is C.CC.CC.CC.CC.CC(C)(C)C12CC3CC(CC(C3)C1)C2.CC(C)(C)C12CCC(CC1)CC2.CC(C)(C)C1C2CC3CC(C2)CC1C3.CC(C)(C)C1CCCCC1.CN1CCC(C(C)(C)C)CC1. The number of rotatable bonds is 0. The van der Waals surface area contributed by atoms with Crippen molar-refractivity contribution in [1.82, 2.24) is 4.90 Å². The molecule has 0 N–H and O–H groups in total. The van der Waals surface area contributed by atoms with Gasteiger partial charge in [0, 0.05) is 0 Å². The lowest BCUT2D eigenvalue weighted by atomic mass is 9.43. The van der Waals surface area contributed by atoms with E-state index in [9.17, 15) is 0 Å². The topological polar surface area (TPSA) is 3.24 Å². The largest absolute Gasteiger partial charge is 0.306 e. The highest BCUT2D eigenvalue weighted by Crippen LogP contribution is 2.66. The minimum absolute atomic E-state index is 0. The highest BCUT2D eigenvalue weighted by Gasteiger charge is 2.56. The fourth-order valence-electron chi connectivity index (χ4n) is 17.6. The van der Waals surface area contributed by atoms with Gasteiger partial charge >= 0.3 is 0 Å². The molecule has 1 heterocycles. The molecule has 12 saturated carbocycles. The van der Waals surface area contributed by atoms with Crippen molar-refractivity contribution in [3.63, 3.8) is 0 Å². The summed E-state index contributed by atoms with van der Waals surface area (Å²) in [5, 5.41) is 0. The second-order valence-electron chi connectivity index (χ2n) is 30.4. The summed E-state index contributed by atoms with van der Waals surface area (Å²) in [6.45, 7) is 55.0. The molecule has 0 atom stereocenters. The van der Waals surface area contributed by atoms with E-state index < -0.39 is 0 Å². The zero-order valence-electron chi connectivity index (χ0n) is 52.7. The first kappa shape index (κ1) is 68.0. The van der Waals surface area contributed by atoms with E-state index in [1.807, 2.05) is 55.4 Å². The zero-order chi connectivity index (χ0) is 52.8. The van der Waals surface area contributed by atoms with Crippen LogP contribution in [0.25, 0.3) is 0 Å². The molecular formula is C69H139N. The zero-order valence-corrected chi connectivity index (χ0v) is 52.7. The molecule has 13 fully saturated rings. The Hall–Kier alpha value is -0.0400. The Morgan fingerprint density at radius 2 is 0.657 bits per heavy atom. The van der Waals surface area contributed by atoms with Gasteiger partial charge in [-0.3, -0.25) is 0 Å². The lowest BCUT2D eigenvalue weighted by Gasteiger charge is -2.62. The van der Waals surface area contributed by atoms with Gasteiger partial charge in [0.15, 0.2) is 0 Å². The van der Waals surface area contributed by atoms with Gasteiger partial charge in [0.2, 0.25) is 0 Å². The van der Waals surface area contributed by atoms with Crippen molar-refractivity contribution < 1.29 is 0 Å². The van der Waals surface area contributed by atoms with Gasteiger partial charge in [0.05, 0.1) is 0 Å². The molecule has 0 radical (unpaired) electrons. The Bertz CT molecular complexity index is 1250. The van der Waals surface area contributed by atoms with Crippen molar-refractivity contribution in [3.8, 4) is 0 Å². The molecule has 0 amide bonds. The van der Waals surface area contributed by atoms with E-state index in [4.69, 9.17) is 0 Å². The quantitative estimate of drug-likeness (QED) is 0.234. The number of fused-ring (bicyclic) bond motifs is 3. The van der Waals surface area contributed by atoms with Crippen LogP contribution in [0, 0.1) is 103 Å². The highest BCUT2D eigenvalue weighted by molar-refractivity contribution is 5.06. The Labute approximate surface area is 446 Å². The molecule has 0 aromatic carbocycles. The first-order chi connectivity index (χ1) is 32.2. The molecule has 1 aliphatic heterocycles. The molecule has 0 aromatic rings. The van der Waals surface area contributed by atoms with E-state index in [1.54, 1.807) is 70.6 Å². The normalized spacial score (nSPS) is 35.1. The van der Waals surface area contributed by atoms with Crippen LogP contribution in [0.15, 0.2) is 0 Å². The number of hydrogen-bond donors (Lipinski definition) is 0. The highest BCUT2D eigenvalue weighted by atomic mass is 15.1. The molecule has 420 valence electrons. The molecule has 1 saturated heterocycles. The summed E-state index contributed by atoms with van der Waals surface area (Å²) in [5.74, 6) is 11.9. The van der Waals surface area contributed by atoms with Crippen molar-refractivity contribution in [2.75, 3.05) is 20.1 Å². The molecule has 70 heavy (non-hydrogen) atoms. The maximum Gasteiger partial charge on any atom is -0.00189 e. The third-order valence-electron chi connectivity index (χ3n) is 21.3. The molecule has 0 aromatic heterocycles. The van der Waals surface area contributed by atoms with Crippen molar-refractivity contribution in [3.05, 3.63) is 0 Å². The van der Waals surface area contributed by atoms with Gasteiger partial charge < -0.3 is 4.90 Å². The van der Waals surface area contributed by atoms with Crippen molar-refractivity contribution in [1.29, 1.82) is 0 Å². The van der Waals surface area contributed by atoms with Gasteiger partial charge in [-0.15, -0.1) is 0 Å². The minimum Gasteiger partial charge on any atom is -0.306 e. The van der Waals surface area contributed by atoms with E-state index in [-0.39, 0.29) is 7.43 Å². The second-order valence-corrected chi connectivity index (χ2v) is 30.4. The number of likely N-dealkylation sites (tertiary alicyclic amines) is 1. The van der Waals surface area contributed by atoms with E-state index >= 15 is 0 Å². The Balaban J connectivity index is 0.000000423. The number of nitrogens with zero attached hydrogens (tertiary/aromatic N) is 1. The van der Waals surface area contributed by atoms with Gasteiger partial charge in [0.1, 0.15) is 0 Å². The molecule has 10 bridgehead atoms. The first-order valence-corrected chi connectivity index (χ1v) is 31.8. The Kier molecular flexibility index (Phi) is 28.6. The summed E-state index contributed by atoms with van der Waals surface area (Å²) < 4.78 is 0. The summed E-state index contributed by atoms with van der Waals surface area (Å²) in [5.41, 5.74) is 4.25. The molecule has 13 rings (SSSR count).